The van der Waals surface area contributed by atoms with Crippen LogP contribution in [0.5, 0.6) is 0 Å². The molecule has 0 aliphatic carbocycles. The number of carboxylic acids is 1. The Kier molecular flexibility index (Phi) is 4.45. The van der Waals surface area contributed by atoms with E-state index < -0.39 is 5.97 Å². The van der Waals surface area contributed by atoms with Crippen molar-refractivity contribution in [3.8, 4) is 0 Å². The van der Waals surface area contributed by atoms with Gasteiger partial charge in [-0.1, -0.05) is 17.7 Å². The first kappa shape index (κ1) is 13.9. The minimum absolute atomic E-state index is 0.209. The molecule has 0 aliphatic rings. The topological polar surface area (TPSA) is 40.5 Å². The molecule has 1 aromatic carbocycles. The summed E-state index contributed by atoms with van der Waals surface area (Å²) in [6.07, 6.45) is 0. The number of carbonyl (C=O) groups is 1. The predicted octanol–water partition coefficient (Wildman–Crippen LogP) is 4.13. The molecule has 0 unspecified atom stereocenters. The van der Waals surface area contributed by atoms with Gasteiger partial charge in [-0.2, -0.15) is 0 Å². The van der Waals surface area contributed by atoms with Gasteiger partial charge >= 0.3 is 5.97 Å². The number of hydrogen-bond donors (Lipinski definition) is 1. The summed E-state index contributed by atoms with van der Waals surface area (Å²) in [5, 5.41) is 11.4. The summed E-state index contributed by atoms with van der Waals surface area (Å²) < 4.78 is 0. The Labute approximate surface area is 121 Å². The van der Waals surface area contributed by atoms with Crippen molar-refractivity contribution in [2.45, 2.75) is 13.5 Å². The van der Waals surface area contributed by atoms with Crippen molar-refractivity contribution in [2.24, 2.45) is 0 Å². The Morgan fingerprint density at radius 1 is 1.42 bits per heavy atom. The van der Waals surface area contributed by atoms with E-state index >= 15 is 0 Å². The van der Waals surface area contributed by atoms with E-state index in [9.17, 15) is 4.79 Å². The first-order valence-electron chi connectivity index (χ1n) is 5.92. The number of nitrogens with zero attached hydrogens (tertiary/aromatic N) is 1. The quantitative estimate of drug-likeness (QED) is 0.902. The number of halogens is 1. The minimum atomic E-state index is -0.963. The van der Waals surface area contributed by atoms with Crippen LogP contribution in [-0.4, -0.2) is 17.6 Å². The van der Waals surface area contributed by atoms with E-state index in [4.69, 9.17) is 16.7 Å². The Bertz CT molecular complexity index is 569. The van der Waals surface area contributed by atoms with E-state index in [0.29, 0.717) is 5.02 Å². The van der Waals surface area contributed by atoms with Crippen molar-refractivity contribution in [3.05, 3.63) is 51.2 Å². The lowest BCUT2D eigenvalue weighted by Crippen LogP contribution is -2.21. The highest BCUT2D eigenvalue weighted by molar-refractivity contribution is 7.09. The molecule has 19 heavy (non-hydrogen) atoms. The molecule has 0 bridgehead atoms. The summed E-state index contributed by atoms with van der Waals surface area (Å²) in [5.74, 6) is -0.963. The van der Waals surface area contributed by atoms with Gasteiger partial charge in [-0.25, -0.2) is 4.79 Å². The molecule has 0 fully saturated rings. The van der Waals surface area contributed by atoms with Crippen molar-refractivity contribution in [2.75, 3.05) is 11.4 Å². The van der Waals surface area contributed by atoms with Crippen LogP contribution in [0.1, 0.15) is 22.2 Å². The van der Waals surface area contributed by atoms with Gasteiger partial charge in [0.05, 0.1) is 22.8 Å². The highest BCUT2D eigenvalue weighted by Gasteiger charge is 2.12. The summed E-state index contributed by atoms with van der Waals surface area (Å²) in [6, 6.07) is 8.94. The van der Waals surface area contributed by atoms with Gasteiger partial charge in [-0.15, -0.1) is 11.3 Å². The summed E-state index contributed by atoms with van der Waals surface area (Å²) in [4.78, 5) is 14.3. The zero-order valence-corrected chi connectivity index (χ0v) is 12.0. The molecule has 0 aliphatic heterocycles. The van der Waals surface area contributed by atoms with Crippen LogP contribution in [0.4, 0.5) is 5.69 Å². The second kappa shape index (κ2) is 6.08. The van der Waals surface area contributed by atoms with Crippen LogP contribution in [-0.2, 0) is 6.54 Å². The number of benzene rings is 1. The predicted molar refractivity (Wildman–Crippen MR) is 79.5 cm³/mol. The molecule has 2 rings (SSSR count). The van der Waals surface area contributed by atoms with Gasteiger partial charge in [-0.3, -0.25) is 0 Å². The molecule has 3 nitrogen and oxygen atoms in total. The highest BCUT2D eigenvalue weighted by atomic mass is 35.5. The molecule has 2 aromatic rings. The number of thiophene rings is 1. The summed E-state index contributed by atoms with van der Waals surface area (Å²) in [5.41, 5.74) is 1.07. The Morgan fingerprint density at radius 2 is 2.21 bits per heavy atom. The lowest BCUT2D eigenvalue weighted by Gasteiger charge is -2.23. The molecular formula is C14H14ClNO2S. The van der Waals surface area contributed by atoms with Crippen LogP contribution in [0, 0.1) is 0 Å². The summed E-state index contributed by atoms with van der Waals surface area (Å²) in [6.45, 7) is 3.64. The van der Waals surface area contributed by atoms with E-state index in [-0.39, 0.29) is 5.56 Å². The average molecular weight is 296 g/mol. The SMILES string of the molecule is CCN(Cc1cccs1)c1ccc(C(=O)O)cc1Cl. The molecule has 5 heteroatoms. The minimum Gasteiger partial charge on any atom is -0.478 e. The van der Waals surface area contributed by atoms with Gasteiger partial charge in [0.25, 0.3) is 0 Å². The van der Waals surface area contributed by atoms with Crippen molar-refractivity contribution in [3.63, 3.8) is 0 Å². The van der Waals surface area contributed by atoms with Gasteiger partial charge in [-0.05, 0) is 36.6 Å². The second-order valence-electron chi connectivity index (χ2n) is 4.06. The zero-order chi connectivity index (χ0) is 13.8. The van der Waals surface area contributed by atoms with E-state index in [2.05, 4.69) is 17.9 Å². The zero-order valence-electron chi connectivity index (χ0n) is 10.5. The van der Waals surface area contributed by atoms with Gasteiger partial charge in [0.1, 0.15) is 0 Å². The van der Waals surface area contributed by atoms with Crippen LogP contribution >= 0.6 is 22.9 Å². The third-order valence-electron chi connectivity index (χ3n) is 2.84. The number of aromatic carboxylic acids is 1. The third kappa shape index (κ3) is 3.28. The molecule has 1 N–H and O–H groups in total. The molecule has 0 saturated carbocycles. The Hall–Kier alpha value is -1.52. The largest absolute Gasteiger partial charge is 0.478 e. The maximum atomic E-state index is 10.9. The number of rotatable bonds is 5. The van der Waals surface area contributed by atoms with Crippen molar-refractivity contribution >= 4 is 34.6 Å². The van der Waals surface area contributed by atoms with Gasteiger partial charge < -0.3 is 10.0 Å². The van der Waals surface area contributed by atoms with Gasteiger partial charge in [0, 0.05) is 11.4 Å². The fraction of sp³-hybridized carbons (Fsp3) is 0.214. The second-order valence-corrected chi connectivity index (χ2v) is 5.50. The summed E-state index contributed by atoms with van der Waals surface area (Å²) in [7, 11) is 0. The van der Waals surface area contributed by atoms with Crippen LogP contribution in [0.2, 0.25) is 5.02 Å². The molecule has 0 spiro atoms. The monoisotopic (exact) mass is 295 g/mol. The van der Waals surface area contributed by atoms with Crippen molar-refractivity contribution in [1.29, 1.82) is 0 Å². The van der Waals surface area contributed by atoms with Crippen LogP contribution in [0.15, 0.2) is 35.7 Å². The van der Waals surface area contributed by atoms with E-state index in [1.165, 1.54) is 10.9 Å². The Balaban J connectivity index is 2.25. The molecule has 100 valence electrons. The molecule has 0 radical (unpaired) electrons. The van der Waals surface area contributed by atoms with Crippen LogP contribution in [0.3, 0.4) is 0 Å². The summed E-state index contributed by atoms with van der Waals surface area (Å²) >= 11 is 7.88. The van der Waals surface area contributed by atoms with Gasteiger partial charge in [0.15, 0.2) is 0 Å². The molecule has 0 saturated heterocycles. The smallest absolute Gasteiger partial charge is 0.335 e. The Morgan fingerprint density at radius 3 is 2.74 bits per heavy atom. The van der Waals surface area contributed by atoms with Crippen LogP contribution in [0.25, 0.3) is 0 Å². The van der Waals surface area contributed by atoms with Crippen LogP contribution < -0.4 is 4.90 Å². The number of carboxylic acid groups (broad SMARTS) is 1. The van der Waals surface area contributed by atoms with E-state index in [0.717, 1.165) is 18.8 Å². The number of hydrogen-bond acceptors (Lipinski definition) is 3. The molecule has 1 aromatic heterocycles. The molecular weight excluding hydrogens is 282 g/mol. The van der Waals surface area contributed by atoms with E-state index in [1.807, 2.05) is 11.4 Å². The fourth-order valence-corrected chi connectivity index (χ4v) is 2.87. The third-order valence-corrected chi connectivity index (χ3v) is 4.01. The normalized spacial score (nSPS) is 10.4. The standard InChI is InChI=1S/C14H14ClNO2S/c1-2-16(9-11-4-3-7-19-11)13-6-5-10(14(17)18)8-12(13)15/h3-8H,2,9H2,1H3,(H,17,18). The lowest BCUT2D eigenvalue weighted by molar-refractivity contribution is 0.0697. The average Bonchev–Trinajstić information content (AvgIpc) is 2.89. The van der Waals surface area contributed by atoms with E-state index in [1.54, 1.807) is 23.5 Å². The first-order chi connectivity index (χ1) is 9.11. The van der Waals surface area contributed by atoms with Gasteiger partial charge in [0.2, 0.25) is 0 Å². The first-order valence-corrected chi connectivity index (χ1v) is 7.17. The highest BCUT2D eigenvalue weighted by Crippen LogP contribution is 2.28. The van der Waals surface area contributed by atoms with Crippen molar-refractivity contribution in [1.82, 2.24) is 0 Å². The maximum Gasteiger partial charge on any atom is 0.335 e. The molecule has 1 heterocycles. The lowest BCUT2D eigenvalue weighted by atomic mass is 10.2. The van der Waals surface area contributed by atoms with Crippen molar-refractivity contribution < 1.29 is 9.90 Å². The number of anilines is 1. The molecule has 0 atom stereocenters. The fourth-order valence-electron chi connectivity index (χ4n) is 1.85. The molecule has 0 amide bonds. The maximum absolute atomic E-state index is 10.9.